The zero-order valence-electron chi connectivity index (χ0n) is 21.7. The molecule has 9 nitrogen and oxygen atoms in total. The molecule has 0 saturated carbocycles. The van der Waals surface area contributed by atoms with Crippen molar-refractivity contribution in [3.63, 3.8) is 0 Å². The summed E-state index contributed by atoms with van der Waals surface area (Å²) in [6, 6.07) is 9.24. The van der Waals surface area contributed by atoms with Crippen molar-refractivity contribution >= 4 is 28.3 Å². The van der Waals surface area contributed by atoms with Gasteiger partial charge in [0.25, 0.3) is 5.91 Å². The monoisotopic (exact) mass is 529 g/mol. The number of carbonyl (C=O) groups is 1. The number of nitrogens with zero attached hydrogens (tertiary/aromatic N) is 5. The molecule has 6 rings (SSSR count). The summed E-state index contributed by atoms with van der Waals surface area (Å²) in [4.78, 5) is 26.1. The maximum Gasteiger partial charge on any atom is 0.276 e. The van der Waals surface area contributed by atoms with Gasteiger partial charge >= 0.3 is 0 Å². The van der Waals surface area contributed by atoms with Gasteiger partial charge in [-0.15, -0.1) is 0 Å². The van der Waals surface area contributed by atoms with E-state index in [1.54, 1.807) is 0 Å². The lowest BCUT2D eigenvalue weighted by Crippen LogP contribution is -2.36. The first-order chi connectivity index (χ1) is 19.0. The third-order valence-electron chi connectivity index (χ3n) is 7.60. The number of hydrogen-bond acceptors (Lipinski definition) is 7. The Hall–Kier alpha value is -3.89. The van der Waals surface area contributed by atoms with Crippen molar-refractivity contribution in [1.29, 1.82) is 0 Å². The Bertz CT molecular complexity index is 1480. The van der Waals surface area contributed by atoms with E-state index in [4.69, 9.17) is 0 Å². The summed E-state index contributed by atoms with van der Waals surface area (Å²) in [5.74, 6) is -0.744. The second-order valence-electron chi connectivity index (χ2n) is 10.5. The number of fused-ring (bicyclic) bond motifs is 1. The van der Waals surface area contributed by atoms with Gasteiger partial charge in [-0.2, -0.15) is 5.10 Å². The minimum atomic E-state index is -0.518. The van der Waals surface area contributed by atoms with Gasteiger partial charge in [-0.3, -0.25) is 19.8 Å². The van der Waals surface area contributed by atoms with Crippen molar-refractivity contribution in [1.82, 2.24) is 25.1 Å². The Kier molecular flexibility index (Phi) is 7.21. The molecule has 0 bridgehead atoms. The zero-order chi connectivity index (χ0) is 26.8. The number of aromatic amines is 1. The first-order valence-corrected chi connectivity index (χ1v) is 13.6. The number of aliphatic hydroxyl groups is 1. The average Bonchev–Trinajstić information content (AvgIpc) is 3.38. The summed E-state index contributed by atoms with van der Waals surface area (Å²) in [5, 5.41) is 20.3. The minimum Gasteiger partial charge on any atom is -0.393 e. The van der Waals surface area contributed by atoms with Crippen LogP contribution in [0.4, 0.5) is 15.9 Å². The van der Waals surface area contributed by atoms with E-state index < -0.39 is 11.7 Å². The molecule has 2 fully saturated rings. The fraction of sp³-hybridized carbons (Fsp3) is 0.379. The number of carbonyl (C=O) groups excluding carboxylic acids is 1. The second kappa shape index (κ2) is 11.1. The van der Waals surface area contributed by atoms with Crippen molar-refractivity contribution in [2.24, 2.45) is 0 Å². The molecule has 0 atom stereocenters. The van der Waals surface area contributed by atoms with Gasteiger partial charge in [-0.05, 0) is 68.1 Å². The summed E-state index contributed by atoms with van der Waals surface area (Å²) in [5.41, 5.74) is 4.28. The molecule has 0 spiro atoms. The number of nitrogens with one attached hydrogen (secondary N) is 2. The molecule has 4 aromatic rings. The van der Waals surface area contributed by atoms with E-state index in [0.717, 1.165) is 36.3 Å². The van der Waals surface area contributed by atoms with Gasteiger partial charge in [0.1, 0.15) is 0 Å². The Labute approximate surface area is 226 Å². The molecule has 3 N–H and O–H groups in total. The van der Waals surface area contributed by atoms with Crippen LogP contribution in [0.15, 0.2) is 48.9 Å². The number of piperidine rings is 2. The molecule has 2 aliphatic rings. The number of hydrogen-bond donors (Lipinski definition) is 3. The molecule has 3 aromatic heterocycles. The number of anilines is 2. The van der Waals surface area contributed by atoms with Crippen LogP contribution in [0.25, 0.3) is 22.0 Å². The lowest BCUT2D eigenvalue weighted by Gasteiger charge is -2.30. The van der Waals surface area contributed by atoms with Gasteiger partial charge in [-0.25, -0.2) is 9.37 Å². The van der Waals surface area contributed by atoms with E-state index in [9.17, 15) is 14.3 Å². The minimum absolute atomic E-state index is 0.221. The zero-order valence-corrected chi connectivity index (χ0v) is 21.7. The van der Waals surface area contributed by atoms with Crippen LogP contribution in [0.2, 0.25) is 0 Å². The maximum atomic E-state index is 14.9. The van der Waals surface area contributed by atoms with Crippen LogP contribution in [0, 0.1) is 5.82 Å². The molecule has 0 aliphatic carbocycles. The van der Waals surface area contributed by atoms with Crippen molar-refractivity contribution in [2.45, 2.75) is 44.8 Å². The lowest BCUT2D eigenvalue weighted by atomic mass is 10.0. The van der Waals surface area contributed by atoms with E-state index in [0.29, 0.717) is 31.3 Å². The fourth-order valence-corrected chi connectivity index (χ4v) is 5.47. The van der Waals surface area contributed by atoms with E-state index in [1.807, 2.05) is 35.5 Å². The predicted molar refractivity (Wildman–Crippen MR) is 148 cm³/mol. The smallest absolute Gasteiger partial charge is 0.276 e. The molecule has 10 heteroatoms. The van der Waals surface area contributed by atoms with Crippen LogP contribution in [0.1, 0.15) is 48.2 Å². The first-order valence-electron chi connectivity index (χ1n) is 13.6. The number of benzene rings is 1. The van der Waals surface area contributed by atoms with Gasteiger partial charge in [-0.1, -0.05) is 12.5 Å². The molecule has 1 amide bonds. The van der Waals surface area contributed by atoms with Crippen LogP contribution < -0.4 is 10.2 Å². The maximum absolute atomic E-state index is 14.9. The predicted octanol–water partition coefficient (Wildman–Crippen LogP) is 4.36. The van der Waals surface area contributed by atoms with Gasteiger partial charge < -0.3 is 15.3 Å². The highest BCUT2D eigenvalue weighted by Crippen LogP contribution is 2.28. The van der Waals surface area contributed by atoms with Crippen LogP contribution in [-0.4, -0.2) is 68.4 Å². The lowest BCUT2D eigenvalue weighted by molar-refractivity contribution is 0.102. The number of pyridine rings is 2. The first kappa shape index (κ1) is 25.4. The molecule has 0 radical (unpaired) electrons. The van der Waals surface area contributed by atoms with Crippen LogP contribution >= 0.6 is 0 Å². The van der Waals surface area contributed by atoms with Crippen molar-refractivity contribution in [3.8, 4) is 11.1 Å². The molecule has 39 heavy (non-hydrogen) atoms. The molecule has 0 unspecified atom stereocenters. The highest BCUT2D eigenvalue weighted by atomic mass is 19.1. The van der Waals surface area contributed by atoms with E-state index in [-0.39, 0.29) is 23.3 Å². The van der Waals surface area contributed by atoms with Gasteiger partial charge in [0.15, 0.2) is 17.3 Å². The topological polar surface area (TPSA) is 110 Å². The highest BCUT2D eigenvalue weighted by Gasteiger charge is 2.22. The van der Waals surface area contributed by atoms with Crippen molar-refractivity contribution < 1.29 is 14.3 Å². The largest absolute Gasteiger partial charge is 0.393 e. The molecule has 1 aromatic carbocycles. The number of halogens is 1. The van der Waals surface area contributed by atoms with Gasteiger partial charge in [0.2, 0.25) is 0 Å². The summed E-state index contributed by atoms with van der Waals surface area (Å²) in [7, 11) is 0. The number of likely N-dealkylation sites (tertiary alicyclic amines) is 1. The number of rotatable bonds is 6. The van der Waals surface area contributed by atoms with Crippen molar-refractivity contribution in [2.75, 3.05) is 36.4 Å². The van der Waals surface area contributed by atoms with Crippen LogP contribution in [0.5, 0.6) is 0 Å². The summed E-state index contributed by atoms with van der Waals surface area (Å²) < 4.78 is 14.9. The summed E-state index contributed by atoms with van der Waals surface area (Å²) >= 11 is 0. The van der Waals surface area contributed by atoms with E-state index >= 15 is 0 Å². The Morgan fingerprint density at radius 1 is 1.03 bits per heavy atom. The molecule has 2 aliphatic heterocycles. The van der Waals surface area contributed by atoms with Crippen LogP contribution in [-0.2, 0) is 6.54 Å². The van der Waals surface area contributed by atoms with Crippen molar-refractivity contribution in [3.05, 3.63) is 66.0 Å². The Balaban J connectivity index is 1.19. The third kappa shape index (κ3) is 5.62. The number of H-pyrrole nitrogens is 1. The molecule has 2 saturated heterocycles. The normalized spacial score (nSPS) is 17.0. The van der Waals surface area contributed by atoms with Gasteiger partial charge in [0.05, 0.1) is 23.5 Å². The Morgan fingerprint density at radius 2 is 1.85 bits per heavy atom. The quantitative estimate of drug-likeness (QED) is 0.340. The number of aliphatic hydroxyl groups excluding tert-OH is 1. The second-order valence-corrected chi connectivity index (χ2v) is 10.5. The Morgan fingerprint density at radius 3 is 2.64 bits per heavy atom. The highest BCUT2D eigenvalue weighted by molar-refractivity contribution is 6.11. The molecular weight excluding hydrogens is 497 g/mol. The van der Waals surface area contributed by atoms with Crippen LogP contribution in [0.3, 0.4) is 0 Å². The standard InChI is InChI=1S/C29H32FN7O2/c30-25-14-22(17-32-28(25)37-10-6-23(38)7-11-37)33-29(39)27-24-13-20(4-5-26(24)34-35-27)21-12-19(15-31-16-21)18-36-8-2-1-3-9-36/h4-5,12-17,23,38H,1-3,6-11,18H2,(H,33,39)(H,34,35). The van der Waals surface area contributed by atoms with Gasteiger partial charge in [0, 0.05) is 49.0 Å². The summed E-state index contributed by atoms with van der Waals surface area (Å²) in [6.07, 6.45) is 9.78. The third-order valence-corrected chi connectivity index (χ3v) is 7.60. The molecule has 5 heterocycles. The molecular formula is C29H32FN7O2. The SMILES string of the molecule is O=C(Nc1cnc(N2CCC(O)CC2)c(F)c1)c1n[nH]c2ccc(-c3cncc(CN4CCCCC4)c3)cc12. The summed E-state index contributed by atoms with van der Waals surface area (Å²) in [6.45, 7) is 4.19. The average molecular weight is 530 g/mol. The number of aromatic nitrogens is 4. The molecule has 202 valence electrons. The van der Waals surface area contributed by atoms with E-state index in [2.05, 4.69) is 36.4 Å². The fourth-order valence-electron chi connectivity index (χ4n) is 5.47. The van der Waals surface area contributed by atoms with E-state index in [1.165, 1.54) is 37.1 Å². The number of amides is 1.